The van der Waals surface area contributed by atoms with Gasteiger partial charge in [0, 0.05) is 32.2 Å². The molecule has 20 heavy (non-hydrogen) atoms. The average Bonchev–Trinajstić information content (AvgIpc) is 2.47. The molecular formula is C17H26N2O. The van der Waals surface area contributed by atoms with Crippen LogP contribution in [0.2, 0.25) is 0 Å². The van der Waals surface area contributed by atoms with Gasteiger partial charge < -0.3 is 15.0 Å². The Balaban J connectivity index is 1.26. The molecule has 3 nitrogen and oxygen atoms in total. The van der Waals surface area contributed by atoms with Crippen molar-refractivity contribution < 1.29 is 4.74 Å². The van der Waals surface area contributed by atoms with Crippen LogP contribution in [0.25, 0.3) is 0 Å². The third-order valence-electron chi connectivity index (χ3n) is 4.49. The van der Waals surface area contributed by atoms with E-state index < -0.39 is 0 Å². The Morgan fingerprint density at radius 2 is 1.85 bits per heavy atom. The summed E-state index contributed by atoms with van der Waals surface area (Å²) >= 11 is 0. The van der Waals surface area contributed by atoms with E-state index in [0.717, 1.165) is 25.6 Å². The van der Waals surface area contributed by atoms with Crippen molar-refractivity contribution in [3.05, 3.63) is 35.9 Å². The van der Waals surface area contributed by atoms with Crippen molar-refractivity contribution in [3.63, 3.8) is 0 Å². The number of piperidine rings is 1. The molecule has 110 valence electrons. The maximum absolute atomic E-state index is 5.95. The standard InChI is InChI=1S/C17H26N2O/c1-2-5-15(6-3-1)16-13-19(14-16)11-4-12-20-17-7-9-18-10-8-17/h1-3,5-6,16-18H,4,7-14H2. The smallest absolute Gasteiger partial charge is 0.0599 e. The zero-order valence-corrected chi connectivity index (χ0v) is 12.3. The first kappa shape index (κ1) is 14.1. The normalized spacial score (nSPS) is 21.8. The van der Waals surface area contributed by atoms with Gasteiger partial charge in [0.1, 0.15) is 0 Å². The molecule has 0 spiro atoms. The molecule has 0 saturated carbocycles. The highest BCUT2D eigenvalue weighted by Crippen LogP contribution is 2.26. The van der Waals surface area contributed by atoms with Crippen LogP contribution in [0.15, 0.2) is 30.3 Å². The van der Waals surface area contributed by atoms with Crippen LogP contribution in [0.5, 0.6) is 0 Å². The molecule has 1 aromatic carbocycles. The Morgan fingerprint density at radius 1 is 1.10 bits per heavy atom. The lowest BCUT2D eigenvalue weighted by molar-refractivity contribution is 0.0234. The number of nitrogens with zero attached hydrogens (tertiary/aromatic N) is 1. The Labute approximate surface area is 122 Å². The molecule has 0 bridgehead atoms. The van der Waals surface area contributed by atoms with Gasteiger partial charge in [-0.2, -0.15) is 0 Å². The second kappa shape index (κ2) is 7.21. The van der Waals surface area contributed by atoms with E-state index in [9.17, 15) is 0 Å². The average molecular weight is 274 g/mol. The number of ether oxygens (including phenoxy) is 1. The number of likely N-dealkylation sites (tertiary alicyclic amines) is 1. The molecule has 2 aliphatic heterocycles. The van der Waals surface area contributed by atoms with E-state index in [4.69, 9.17) is 4.74 Å². The molecule has 2 aliphatic rings. The lowest BCUT2D eigenvalue weighted by atomic mass is 9.91. The minimum atomic E-state index is 0.504. The summed E-state index contributed by atoms with van der Waals surface area (Å²) in [5.74, 6) is 0.751. The molecule has 3 rings (SSSR count). The third kappa shape index (κ3) is 3.81. The number of nitrogens with one attached hydrogen (secondary N) is 1. The predicted octanol–water partition coefficient (Wildman–Crippen LogP) is 2.24. The van der Waals surface area contributed by atoms with Crippen LogP contribution in [0.1, 0.15) is 30.7 Å². The van der Waals surface area contributed by atoms with Crippen molar-refractivity contribution in [3.8, 4) is 0 Å². The van der Waals surface area contributed by atoms with E-state index >= 15 is 0 Å². The number of hydrogen-bond acceptors (Lipinski definition) is 3. The van der Waals surface area contributed by atoms with Gasteiger partial charge in [-0.05, 0) is 37.9 Å². The van der Waals surface area contributed by atoms with Gasteiger partial charge in [-0.15, -0.1) is 0 Å². The van der Waals surface area contributed by atoms with Crippen LogP contribution in [0, 0.1) is 0 Å². The molecule has 2 fully saturated rings. The second-order valence-electron chi connectivity index (χ2n) is 6.04. The summed E-state index contributed by atoms with van der Waals surface area (Å²) in [7, 11) is 0. The van der Waals surface area contributed by atoms with Crippen LogP contribution >= 0.6 is 0 Å². The highest BCUT2D eigenvalue weighted by atomic mass is 16.5. The highest BCUT2D eigenvalue weighted by Gasteiger charge is 2.27. The highest BCUT2D eigenvalue weighted by molar-refractivity contribution is 5.22. The SMILES string of the molecule is c1ccc(C2CN(CCCOC3CCNCC3)C2)cc1. The summed E-state index contributed by atoms with van der Waals surface area (Å²) in [5, 5.41) is 3.37. The lowest BCUT2D eigenvalue weighted by Gasteiger charge is -2.39. The first-order valence-corrected chi connectivity index (χ1v) is 8.01. The molecule has 2 heterocycles. The maximum Gasteiger partial charge on any atom is 0.0599 e. The minimum Gasteiger partial charge on any atom is -0.378 e. The van der Waals surface area contributed by atoms with E-state index in [-0.39, 0.29) is 0 Å². The summed E-state index contributed by atoms with van der Waals surface area (Å²) in [4.78, 5) is 2.55. The fourth-order valence-electron chi connectivity index (χ4n) is 3.19. The van der Waals surface area contributed by atoms with Crippen LogP contribution in [-0.2, 0) is 4.74 Å². The number of rotatable bonds is 6. The van der Waals surface area contributed by atoms with Gasteiger partial charge >= 0.3 is 0 Å². The van der Waals surface area contributed by atoms with Crippen LogP contribution in [-0.4, -0.2) is 50.3 Å². The Kier molecular flexibility index (Phi) is 5.06. The van der Waals surface area contributed by atoms with Gasteiger partial charge in [-0.3, -0.25) is 0 Å². The van der Waals surface area contributed by atoms with E-state index in [0.29, 0.717) is 6.10 Å². The van der Waals surface area contributed by atoms with Gasteiger partial charge in [0.2, 0.25) is 0 Å². The molecule has 1 aromatic rings. The van der Waals surface area contributed by atoms with Crippen molar-refractivity contribution in [2.75, 3.05) is 39.3 Å². The van der Waals surface area contributed by atoms with Crippen molar-refractivity contribution in [1.82, 2.24) is 10.2 Å². The molecule has 0 aromatic heterocycles. The summed E-state index contributed by atoms with van der Waals surface area (Å²) in [5.41, 5.74) is 1.50. The van der Waals surface area contributed by atoms with Gasteiger partial charge in [0.05, 0.1) is 6.10 Å². The zero-order valence-electron chi connectivity index (χ0n) is 12.3. The molecular weight excluding hydrogens is 248 g/mol. The number of benzene rings is 1. The number of hydrogen-bond donors (Lipinski definition) is 1. The van der Waals surface area contributed by atoms with E-state index in [1.165, 1.54) is 44.5 Å². The van der Waals surface area contributed by atoms with Gasteiger partial charge in [0.15, 0.2) is 0 Å². The van der Waals surface area contributed by atoms with E-state index in [2.05, 4.69) is 40.5 Å². The maximum atomic E-state index is 5.95. The first-order chi connectivity index (χ1) is 9.92. The largest absolute Gasteiger partial charge is 0.378 e. The lowest BCUT2D eigenvalue weighted by Crippen LogP contribution is -2.45. The summed E-state index contributed by atoms with van der Waals surface area (Å²) in [6, 6.07) is 10.9. The second-order valence-corrected chi connectivity index (χ2v) is 6.04. The van der Waals surface area contributed by atoms with Crippen LogP contribution in [0.4, 0.5) is 0 Å². The quantitative estimate of drug-likeness (QED) is 0.805. The Bertz CT molecular complexity index is 383. The van der Waals surface area contributed by atoms with Crippen LogP contribution in [0.3, 0.4) is 0 Å². The van der Waals surface area contributed by atoms with Gasteiger partial charge in [-0.25, -0.2) is 0 Å². The minimum absolute atomic E-state index is 0.504. The van der Waals surface area contributed by atoms with E-state index in [1.54, 1.807) is 0 Å². The predicted molar refractivity (Wildman–Crippen MR) is 82.1 cm³/mol. The van der Waals surface area contributed by atoms with Crippen molar-refractivity contribution >= 4 is 0 Å². The fourth-order valence-corrected chi connectivity index (χ4v) is 3.19. The topological polar surface area (TPSA) is 24.5 Å². The van der Waals surface area contributed by atoms with Gasteiger partial charge in [-0.1, -0.05) is 30.3 Å². The molecule has 2 saturated heterocycles. The van der Waals surface area contributed by atoms with Crippen molar-refractivity contribution in [2.45, 2.75) is 31.3 Å². The third-order valence-corrected chi connectivity index (χ3v) is 4.49. The monoisotopic (exact) mass is 274 g/mol. The molecule has 0 amide bonds. The zero-order chi connectivity index (χ0) is 13.6. The summed E-state index contributed by atoms with van der Waals surface area (Å²) in [6.07, 6.45) is 4.04. The summed E-state index contributed by atoms with van der Waals surface area (Å²) < 4.78 is 5.95. The Hall–Kier alpha value is -0.900. The van der Waals surface area contributed by atoms with Crippen LogP contribution < -0.4 is 5.32 Å². The molecule has 3 heteroatoms. The molecule has 1 N–H and O–H groups in total. The van der Waals surface area contributed by atoms with Crippen molar-refractivity contribution in [1.29, 1.82) is 0 Å². The Morgan fingerprint density at radius 3 is 2.60 bits per heavy atom. The fraction of sp³-hybridized carbons (Fsp3) is 0.647. The first-order valence-electron chi connectivity index (χ1n) is 8.01. The van der Waals surface area contributed by atoms with Gasteiger partial charge in [0.25, 0.3) is 0 Å². The summed E-state index contributed by atoms with van der Waals surface area (Å²) in [6.45, 7) is 6.80. The molecule has 0 aliphatic carbocycles. The molecule has 0 atom stereocenters. The van der Waals surface area contributed by atoms with Crippen molar-refractivity contribution in [2.24, 2.45) is 0 Å². The molecule has 0 radical (unpaired) electrons. The molecule has 0 unspecified atom stereocenters. The van der Waals surface area contributed by atoms with E-state index in [1.807, 2.05) is 0 Å².